The van der Waals surface area contributed by atoms with Crippen molar-refractivity contribution in [3.63, 3.8) is 0 Å². The number of Topliss-reactive ketones (excluding diaryl/α,β-unsaturated/α-hetero) is 1. The van der Waals surface area contributed by atoms with E-state index in [0.717, 1.165) is 11.6 Å². The zero-order chi connectivity index (χ0) is 25.6. The van der Waals surface area contributed by atoms with Crippen molar-refractivity contribution in [1.82, 2.24) is 14.1 Å². The van der Waals surface area contributed by atoms with Gasteiger partial charge < -0.3 is 14.5 Å². The molecule has 0 amide bonds. The van der Waals surface area contributed by atoms with E-state index in [-0.39, 0.29) is 16.9 Å². The number of hydrogen-bond acceptors (Lipinski definition) is 4. The largest absolute Gasteiger partial charge is 0.418 e. The average Bonchev–Trinajstić information content (AvgIpc) is 3.31. The summed E-state index contributed by atoms with van der Waals surface area (Å²) < 4.78 is 43.9. The van der Waals surface area contributed by atoms with E-state index in [0.29, 0.717) is 29.2 Å². The zero-order valence-corrected chi connectivity index (χ0v) is 19.4. The highest BCUT2D eigenvalue weighted by molar-refractivity contribution is 6.20. The highest BCUT2D eigenvalue weighted by Crippen LogP contribution is 2.36. The van der Waals surface area contributed by atoms with Crippen LogP contribution in [0.15, 0.2) is 77.6 Å². The number of rotatable bonds is 4. The van der Waals surface area contributed by atoms with Gasteiger partial charge in [-0.1, -0.05) is 12.1 Å². The summed E-state index contributed by atoms with van der Waals surface area (Å²) in [6.07, 6.45) is 1.93. The fourth-order valence-electron chi connectivity index (χ4n) is 4.51. The quantitative estimate of drug-likeness (QED) is 0.391. The molecule has 0 saturated carbocycles. The normalized spacial score (nSPS) is 14.2. The molecule has 0 radical (unpaired) electrons. The third-order valence-corrected chi connectivity index (χ3v) is 6.23. The first-order valence-corrected chi connectivity index (χ1v) is 11.2. The Morgan fingerprint density at radius 2 is 1.75 bits per heavy atom. The molecule has 4 heterocycles. The molecule has 0 aliphatic carbocycles. The van der Waals surface area contributed by atoms with Gasteiger partial charge in [0, 0.05) is 30.0 Å². The number of allylic oxidation sites excluding steroid dienone is 1. The summed E-state index contributed by atoms with van der Waals surface area (Å²) in [6, 6.07) is 12.3. The Kier molecular flexibility index (Phi) is 5.62. The summed E-state index contributed by atoms with van der Waals surface area (Å²) in [5.41, 5.74) is 2.03. The molecule has 1 aromatic carbocycles. The van der Waals surface area contributed by atoms with E-state index < -0.39 is 23.1 Å². The standard InChI is InChI=1S/C27H21F3N4O2/c1-16-13-19(17(2)34(16)23-6-4-3-5-20(23)27(28,29)30)14-22-25(35)24-21(32-22)9-12-33(26(24)36)15-18-7-10-31-11-8-18/h3-14,32H,15H2,1-2H3/b22-14+. The van der Waals surface area contributed by atoms with Crippen LogP contribution in [-0.2, 0) is 12.7 Å². The van der Waals surface area contributed by atoms with Crippen molar-refractivity contribution >= 4 is 17.5 Å². The van der Waals surface area contributed by atoms with Crippen LogP contribution in [0.5, 0.6) is 0 Å². The number of hydrogen-bond donors (Lipinski definition) is 1. The number of pyridine rings is 2. The van der Waals surface area contributed by atoms with E-state index >= 15 is 0 Å². The predicted molar refractivity (Wildman–Crippen MR) is 130 cm³/mol. The second kappa shape index (κ2) is 8.67. The molecule has 0 unspecified atom stereocenters. The molecule has 9 heteroatoms. The number of aromatic nitrogens is 3. The first-order chi connectivity index (χ1) is 17.1. The van der Waals surface area contributed by atoms with Crippen LogP contribution in [0.25, 0.3) is 11.8 Å². The summed E-state index contributed by atoms with van der Waals surface area (Å²) in [7, 11) is 0. The fourth-order valence-corrected chi connectivity index (χ4v) is 4.51. The van der Waals surface area contributed by atoms with Crippen molar-refractivity contribution < 1.29 is 18.0 Å². The first kappa shape index (κ1) is 23.3. The molecule has 0 atom stereocenters. The Bertz CT molecular complexity index is 1580. The molecule has 1 aliphatic heterocycles. The molecule has 4 aromatic rings. The number of aryl methyl sites for hydroxylation is 1. The molecule has 3 aromatic heterocycles. The van der Waals surface area contributed by atoms with Crippen LogP contribution in [0.4, 0.5) is 18.9 Å². The summed E-state index contributed by atoms with van der Waals surface area (Å²) in [4.78, 5) is 30.2. The lowest BCUT2D eigenvalue weighted by Crippen LogP contribution is -2.24. The van der Waals surface area contributed by atoms with Gasteiger partial charge in [-0.3, -0.25) is 14.6 Å². The number of halogens is 3. The fraction of sp³-hybridized carbons (Fsp3) is 0.148. The van der Waals surface area contributed by atoms with Crippen LogP contribution in [-0.4, -0.2) is 19.9 Å². The van der Waals surface area contributed by atoms with Gasteiger partial charge in [-0.2, -0.15) is 13.2 Å². The molecular weight excluding hydrogens is 469 g/mol. The van der Waals surface area contributed by atoms with Gasteiger partial charge >= 0.3 is 6.18 Å². The van der Waals surface area contributed by atoms with E-state index in [1.165, 1.54) is 21.3 Å². The number of benzene rings is 1. The summed E-state index contributed by atoms with van der Waals surface area (Å²) in [5.74, 6) is -0.459. The van der Waals surface area contributed by atoms with Crippen molar-refractivity contribution in [3.8, 4) is 5.69 Å². The van der Waals surface area contributed by atoms with Crippen LogP contribution in [0, 0.1) is 13.8 Å². The summed E-state index contributed by atoms with van der Waals surface area (Å²) in [6.45, 7) is 3.69. The van der Waals surface area contributed by atoms with E-state index in [4.69, 9.17) is 0 Å². The summed E-state index contributed by atoms with van der Waals surface area (Å²) in [5, 5.41) is 2.99. The maximum atomic E-state index is 13.6. The lowest BCUT2D eigenvalue weighted by Gasteiger charge is -2.16. The number of carbonyl (C=O) groups excluding carboxylic acids is 1. The Labute approximate surface area is 204 Å². The molecule has 0 bridgehead atoms. The minimum atomic E-state index is -4.51. The third kappa shape index (κ3) is 4.02. The number of alkyl halides is 3. The van der Waals surface area contributed by atoms with Gasteiger partial charge in [0.15, 0.2) is 0 Å². The van der Waals surface area contributed by atoms with Crippen LogP contribution >= 0.6 is 0 Å². The van der Waals surface area contributed by atoms with Crippen LogP contribution in [0.3, 0.4) is 0 Å². The molecule has 6 nitrogen and oxygen atoms in total. The SMILES string of the molecule is Cc1cc(/C=C2/Nc3ccn(Cc4ccncc4)c(=O)c3C2=O)c(C)n1-c1ccccc1C(F)(F)F. The summed E-state index contributed by atoms with van der Waals surface area (Å²) >= 11 is 0. The number of nitrogens with zero attached hydrogens (tertiary/aromatic N) is 3. The third-order valence-electron chi connectivity index (χ3n) is 6.23. The van der Waals surface area contributed by atoms with E-state index in [2.05, 4.69) is 10.3 Å². The van der Waals surface area contributed by atoms with Gasteiger partial charge in [0.2, 0.25) is 5.78 Å². The van der Waals surface area contributed by atoms with Crippen molar-refractivity contribution in [2.45, 2.75) is 26.6 Å². The predicted octanol–water partition coefficient (Wildman–Crippen LogP) is 5.37. The van der Waals surface area contributed by atoms with Crippen LogP contribution in [0.2, 0.25) is 0 Å². The number of ketones is 1. The average molecular weight is 490 g/mol. The molecule has 1 N–H and O–H groups in total. The van der Waals surface area contributed by atoms with E-state index in [1.807, 2.05) is 0 Å². The number of fused-ring (bicyclic) bond motifs is 1. The zero-order valence-electron chi connectivity index (χ0n) is 19.4. The number of para-hydroxylation sites is 1. The van der Waals surface area contributed by atoms with E-state index in [1.54, 1.807) is 68.8 Å². The van der Waals surface area contributed by atoms with Gasteiger partial charge in [-0.05, 0) is 67.4 Å². The lowest BCUT2D eigenvalue weighted by atomic mass is 10.1. The Morgan fingerprint density at radius 1 is 1.03 bits per heavy atom. The van der Waals surface area contributed by atoms with Crippen molar-refractivity contribution in [2.24, 2.45) is 0 Å². The lowest BCUT2D eigenvalue weighted by molar-refractivity contribution is -0.137. The minimum absolute atomic E-state index is 0.0117. The molecule has 0 spiro atoms. The first-order valence-electron chi connectivity index (χ1n) is 11.2. The molecule has 0 saturated heterocycles. The van der Waals surface area contributed by atoms with Crippen molar-refractivity contribution in [3.05, 3.63) is 117 Å². The molecule has 0 fully saturated rings. The molecule has 36 heavy (non-hydrogen) atoms. The van der Waals surface area contributed by atoms with E-state index in [9.17, 15) is 22.8 Å². The molecule has 182 valence electrons. The maximum absolute atomic E-state index is 13.6. The number of anilines is 1. The highest BCUT2D eigenvalue weighted by atomic mass is 19.4. The second-order valence-electron chi connectivity index (χ2n) is 8.58. The Balaban J connectivity index is 1.51. The van der Waals surface area contributed by atoms with Gasteiger partial charge in [-0.15, -0.1) is 0 Å². The number of carbonyl (C=O) groups is 1. The van der Waals surface area contributed by atoms with Gasteiger partial charge in [0.05, 0.1) is 29.2 Å². The van der Waals surface area contributed by atoms with Crippen molar-refractivity contribution in [1.29, 1.82) is 0 Å². The van der Waals surface area contributed by atoms with Crippen LogP contribution in [0.1, 0.15) is 38.4 Å². The highest BCUT2D eigenvalue weighted by Gasteiger charge is 2.34. The minimum Gasteiger partial charge on any atom is -0.351 e. The second-order valence-corrected chi connectivity index (χ2v) is 8.58. The monoisotopic (exact) mass is 490 g/mol. The molecular formula is C27H21F3N4O2. The maximum Gasteiger partial charge on any atom is 0.418 e. The number of nitrogens with one attached hydrogen (secondary N) is 1. The van der Waals surface area contributed by atoms with Gasteiger partial charge in [0.25, 0.3) is 5.56 Å². The molecule has 5 rings (SSSR count). The molecule has 1 aliphatic rings. The topological polar surface area (TPSA) is 68.9 Å². The van der Waals surface area contributed by atoms with Gasteiger partial charge in [-0.25, -0.2) is 0 Å². The Morgan fingerprint density at radius 3 is 2.47 bits per heavy atom. The van der Waals surface area contributed by atoms with Crippen LogP contribution < -0.4 is 10.9 Å². The van der Waals surface area contributed by atoms with Gasteiger partial charge in [0.1, 0.15) is 5.56 Å². The Hall–Kier alpha value is -4.40. The van der Waals surface area contributed by atoms with Crippen molar-refractivity contribution in [2.75, 3.05) is 5.32 Å². The smallest absolute Gasteiger partial charge is 0.351 e.